The van der Waals surface area contributed by atoms with Gasteiger partial charge in [0.1, 0.15) is 0 Å². The molecule has 1 unspecified atom stereocenters. The van der Waals surface area contributed by atoms with E-state index in [-0.39, 0.29) is 6.04 Å². The second kappa shape index (κ2) is 7.19. The van der Waals surface area contributed by atoms with E-state index in [0.717, 1.165) is 23.7 Å². The molecule has 1 aliphatic heterocycles. The van der Waals surface area contributed by atoms with Crippen LogP contribution in [0.2, 0.25) is 5.02 Å². The summed E-state index contributed by atoms with van der Waals surface area (Å²) in [5, 5.41) is 4.52. The Morgan fingerprint density at radius 2 is 2.19 bits per heavy atom. The first kappa shape index (κ1) is 15.4. The Balaban J connectivity index is 1.95. The highest BCUT2D eigenvalue weighted by Gasteiger charge is 2.21. The van der Waals surface area contributed by atoms with Crippen LogP contribution in [-0.4, -0.2) is 12.3 Å². The van der Waals surface area contributed by atoms with Crippen molar-refractivity contribution in [1.29, 1.82) is 0 Å². The Labute approximate surface area is 140 Å². The molecular formula is C17H20ClNS2. The van der Waals surface area contributed by atoms with Crippen molar-refractivity contribution in [1.82, 2.24) is 5.32 Å². The fraction of sp³-hybridized carbons (Fsp3) is 0.412. The van der Waals surface area contributed by atoms with E-state index < -0.39 is 0 Å². The number of hydrogen-bond acceptors (Lipinski definition) is 3. The molecule has 2 aromatic rings. The van der Waals surface area contributed by atoms with Gasteiger partial charge in [-0.25, -0.2) is 0 Å². The fourth-order valence-corrected chi connectivity index (χ4v) is 5.39. The zero-order valence-corrected chi connectivity index (χ0v) is 14.6. The van der Waals surface area contributed by atoms with Gasteiger partial charge in [-0.2, -0.15) is 11.8 Å². The number of fused-ring (bicyclic) bond motifs is 1. The van der Waals surface area contributed by atoms with Gasteiger partial charge < -0.3 is 5.32 Å². The van der Waals surface area contributed by atoms with Gasteiger partial charge in [-0.1, -0.05) is 36.7 Å². The quantitative estimate of drug-likeness (QED) is 0.796. The summed E-state index contributed by atoms with van der Waals surface area (Å²) < 4.78 is 0. The van der Waals surface area contributed by atoms with Gasteiger partial charge in [0.15, 0.2) is 0 Å². The highest BCUT2D eigenvalue weighted by atomic mass is 35.5. The summed E-state index contributed by atoms with van der Waals surface area (Å²) >= 11 is 10.4. The van der Waals surface area contributed by atoms with Crippen molar-refractivity contribution in [3.8, 4) is 0 Å². The standard InChI is InChI=1S/C17H20ClNS2/c1-2-8-19-17(13-5-3-4-6-14(13)18)16-10-12-11-20-9-7-15(12)21-16/h3-6,10,17,19H,2,7-9,11H2,1H3. The molecule has 1 atom stereocenters. The van der Waals surface area contributed by atoms with Crippen LogP contribution in [0, 0.1) is 0 Å². The van der Waals surface area contributed by atoms with Crippen molar-refractivity contribution in [3.63, 3.8) is 0 Å². The Morgan fingerprint density at radius 3 is 2.95 bits per heavy atom. The van der Waals surface area contributed by atoms with Gasteiger partial charge >= 0.3 is 0 Å². The summed E-state index contributed by atoms with van der Waals surface area (Å²) in [5.74, 6) is 2.42. The molecule has 1 aliphatic rings. The smallest absolute Gasteiger partial charge is 0.0685 e. The number of aryl methyl sites for hydroxylation is 1. The van der Waals surface area contributed by atoms with Gasteiger partial charge in [0.05, 0.1) is 6.04 Å². The summed E-state index contributed by atoms with van der Waals surface area (Å²) in [4.78, 5) is 2.98. The minimum Gasteiger partial charge on any atom is -0.306 e. The summed E-state index contributed by atoms with van der Waals surface area (Å²) in [5.41, 5.74) is 2.72. The Morgan fingerprint density at radius 1 is 1.33 bits per heavy atom. The number of benzene rings is 1. The molecule has 0 bridgehead atoms. The van der Waals surface area contributed by atoms with Crippen LogP contribution in [-0.2, 0) is 12.2 Å². The van der Waals surface area contributed by atoms with Gasteiger partial charge in [0.25, 0.3) is 0 Å². The largest absolute Gasteiger partial charge is 0.306 e. The molecule has 0 aliphatic carbocycles. The van der Waals surface area contributed by atoms with E-state index in [1.165, 1.54) is 28.2 Å². The lowest BCUT2D eigenvalue weighted by Gasteiger charge is -2.19. The maximum atomic E-state index is 6.44. The van der Waals surface area contributed by atoms with Crippen LogP contribution in [0.3, 0.4) is 0 Å². The zero-order chi connectivity index (χ0) is 14.7. The van der Waals surface area contributed by atoms with Crippen molar-refractivity contribution in [2.75, 3.05) is 12.3 Å². The van der Waals surface area contributed by atoms with Gasteiger partial charge in [0, 0.05) is 20.5 Å². The number of thiophene rings is 1. The average molecular weight is 338 g/mol. The highest BCUT2D eigenvalue weighted by molar-refractivity contribution is 7.98. The van der Waals surface area contributed by atoms with E-state index in [0.29, 0.717) is 0 Å². The van der Waals surface area contributed by atoms with Crippen LogP contribution in [0.4, 0.5) is 0 Å². The molecule has 2 heterocycles. The molecule has 0 saturated carbocycles. The third-order valence-corrected chi connectivity index (χ3v) is 6.40. The monoisotopic (exact) mass is 337 g/mol. The van der Waals surface area contributed by atoms with E-state index in [4.69, 9.17) is 11.6 Å². The summed E-state index contributed by atoms with van der Waals surface area (Å²) in [6.07, 6.45) is 2.34. The molecule has 1 nitrogen and oxygen atoms in total. The maximum absolute atomic E-state index is 6.44. The van der Waals surface area contributed by atoms with Crippen LogP contribution in [0.15, 0.2) is 30.3 Å². The molecule has 1 aromatic heterocycles. The molecule has 0 saturated heterocycles. The minimum absolute atomic E-state index is 0.222. The lowest BCUT2D eigenvalue weighted by molar-refractivity contribution is 0.606. The zero-order valence-electron chi connectivity index (χ0n) is 12.2. The molecule has 4 heteroatoms. The van der Waals surface area contributed by atoms with Crippen LogP contribution < -0.4 is 5.32 Å². The predicted octanol–water partition coefficient (Wildman–Crippen LogP) is 5.28. The lowest BCUT2D eigenvalue weighted by Crippen LogP contribution is -2.22. The van der Waals surface area contributed by atoms with Gasteiger partial charge in [-0.05, 0) is 48.4 Å². The van der Waals surface area contributed by atoms with Crippen LogP contribution in [0.5, 0.6) is 0 Å². The van der Waals surface area contributed by atoms with E-state index >= 15 is 0 Å². The first-order valence-corrected chi connectivity index (χ1v) is 9.81. The second-order valence-electron chi connectivity index (χ2n) is 5.31. The molecule has 0 fully saturated rings. The minimum atomic E-state index is 0.222. The predicted molar refractivity (Wildman–Crippen MR) is 95.8 cm³/mol. The van der Waals surface area contributed by atoms with Gasteiger partial charge in [-0.15, -0.1) is 11.3 Å². The Bertz CT molecular complexity index is 585. The fourth-order valence-electron chi connectivity index (χ4n) is 2.67. The normalized spacial score (nSPS) is 15.7. The molecular weight excluding hydrogens is 318 g/mol. The molecule has 0 amide bonds. The second-order valence-corrected chi connectivity index (χ2v) is 7.99. The molecule has 1 N–H and O–H groups in total. The van der Waals surface area contributed by atoms with Crippen molar-refractivity contribution < 1.29 is 0 Å². The number of nitrogens with one attached hydrogen (secondary N) is 1. The molecule has 3 rings (SSSR count). The van der Waals surface area contributed by atoms with Crippen molar-refractivity contribution >= 4 is 34.7 Å². The van der Waals surface area contributed by atoms with Gasteiger partial charge in [0.2, 0.25) is 0 Å². The SMILES string of the molecule is CCCNC(c1cc2c(s1)CCSC2)c1ccccc1Cl. The first-order chi connectivity index (χ1) is 10.3. The Hall–Kier alpha value is -0.480. The molecule has 112 valence electrons. The third-order valence-electron chi connectivity index (χ3n) is 3.75. The average Bonchev–Trinajstić information content (AvgIpc) is 2.93. The van der Waals surface area contributed by atoms with Crippen molar-refractivity contribution in [2.24, 2.45) is 0 Å². The number of thioether (sulfide) groups is 1. The topological polar surface area (TPSA) is 12.0 Å². The van der Waals surface area contributed by atoms with Gasteiger partial charge in [-0.3, -0.25) is 0 Å². The van der Waals surface area contributed by atoms with Crippen molar-refractivity contribution in [3.05, 3.63) is 56.2 Å². The highest BCUT2D eigenvalue weighted by Crippen LogP contribution is 2.38. The summed E-state index contributed by atoms with van der Waals surface area (Å²) in [7, 11) is 0. The number of rotatable bonds is 5. The number of halogens is 1. The maximum Gasteiger partial charge on any atom is 0.0685 e. The van der Waals surface area contributed by atoms with Crippen LogP contribution in [0.25, 0.3) is 0 Å². The molecule has 0 spiro atoms. The number of hydrogen-bond donors (Lipinski definition) is 1. The van der Waals surface area contributed by atoms with E-state index in [1.54, 1.807) is 4.88 Å². The van der Waals surface area contributed by atoms with Crippen LogP contribution >= 0.6 is 34.7 Å². The van der Waals surface area contributed by atoms with E-state index in [2.05, 4.69) is 30.4 Å². The van der Waals surface area contributed by atoms with E-state index in [9.17, 15) is 0 Å². The summed E-state index contributed by atoms with van der Waals surface area (Å²) in [6.45, 7) is 3.21. The summed E-state index contributed by atoms with van der Waals surface area (Å²) in [6, 6.07) is 10.8. The van der Waals surface area contributed by atoms with E-state index in [1.807, 2.05) is 35.2 Å². The first-order valence-electron chi connectivity index (χ1n) is 7.46. The lowest BCUT2D eigenvalue weighted by atomic mass is 10.0. The molecule has 1 aromatic carbocycles. The Kier molecular flexibility index (Phi) is 5.28. The van der Waals surface area contributed by atoms with Crippen molar-refractivity contribution in [2.45, 2.75) is 31.6 Å². The van der Waals surface area contributed by atoms with Crippen LogP contribution in [0.1, 0.15) is 40.3 Å². The molecule has 0 radical (unpaired) electrons. The third kappa shape index (κ3) is 3.48. The molecule has 21 heavy (non-hydrogen) atoms.